The molecule has 0 bridgehead atoms. The highest BCUT2D eigenvalue weighted by molar-refractivity contribution is 5.85. The van der Waals surface area contributed by atoms with Gasteiger partial charge < -0.3 is 4.98 Å². The molecule has 0 spiro atoms. The average molecular weight is 229 g/mol. The first-order valence-electron chi connectivity index (χ1n) is 6.06. The van der Waals surface area contributed by atoms with E-state index in [4.69, 9.17) is 0 Å². The van der Waals surface area contributed by atoms with Crippen molar-refractivity contribution < 1.29 is 0 Å². The first-order chi connectivity index (χ1) is 7.93. The topological polar surface area (TPSA) is 32.9 Å². The van der Waals surface area contributed by atoms with Gasteiger partial charge >= 0.3 is 0 Å². The van der Waals surface area contributed by atoms with Gasteiger partial charge in [-0.3, -0.25) is 4.79 Å². The number of aromatic amines is 1. The molecule has 1 aromatic heterocycles. The van der Waals surface area contributed by atoms with Crippen molar-refractivity contribution in [1.29, 1.82) is 0 Å². The SMILES string of the molecule is Cc1[nH]c2c(C)ccc(C)c2c(=O)c1C(C)C. The van der Waals surface area contributed by atoms with E-state index >= 15 is 0 Å². The fourth-order valence-corrected chi connectivity index (χ4v) is 2.52. The lowest BCUT2D eigenvalue weighted by atomic mass is 9.96. The minimum atomic E-state index is 0.187. The number of fused-ring (bicyclic) bond motifs is 1. The van der Waals surface area contributed by atoms with Crippen LogP contribution in [0.5, 0.6) is 0 Å². The number of H-pyrrole nitrogens is 1. The summed E-state index contributed by atoms with van der Waals surface area (Å²) in [4.78, 5) is 15.9. The predicted octanol–water partition coefficient (Wildman–Crippen LogP) is 3.58. The zero-order chi connectivity index (χ0) is 12.7. The number of pyridine rings is 1. The molecule has 2 heteroatoms. The molecule has 2 nitrogen and oxygen atoms in total. The summed E-state index contributed by atoms with van der Waals surface area (Å²) in [5, 5.41) is 0.847. The molecule has 0 aliphatic carbocycles. The molecule has 1 N–H and O–H groups in total. The Morgan fingerprint density at radius 2 is 1.65 bits per heavy atom. The minimum Gasteiger partial charge on any atom is -0.358 e. The fraction of sp³-hybridized carbons (Fsp3) is 0.400. The van der Waals surface area contributed by atoms with Gasteiger partial charge in [-0.25, -0.2) is 0 Å². The number of aryl methyl sites for hydroxylation is 3. The van der Waals surface area contributed by atoms with Gasteiger partial charge in [0.05, 0.1) is 5.52 Å². The van der Waals surface area contributed by atoms with E-state index in [1.165, 1.54) is 0 Å². The number of hydrogen-bond acceptors (Lipinski definition) is 1. The van der Waals surface area contributed by atoms with Gasteiger partial charge in [-0.2, -0.15) is 0 Å². The van der Waals surface area contributed by atoms with E-state index < -0.39 is 0 Å². The van der Waals surface area contributed by atoms with E-state index in [0.717, 1.165) is 33.3 Å². The summed E-state index contributed by atoms with van der Waals surface area (Å²) in [7, 11) is 0. The minimum absolute atomic E-state index is 0.187. The summed E-state index contributed by atoms with van der Waals surface area (Å²) in [5.41, 5.74) is 5.25. The Labute approximate surface area is 102 Å². The van der Waals surface area contributed by atoms with Crippen molar-refractivity contribution in [1.82, 2.24) is 4.98 Å². The Kier molecular flexibility index (Phi) is 2.82. The van der Waals surface area contributed by atoms with Crippen LogP contribution in [0.1, 0.15) is 42.1 Å². The van der Waals surface area contributed by atoms with Crippen molar-refractivity contribution in [3.63, 3.8) is 0 Å². The van der Waals surface area contributed by atoms with Crippen molar-refractivity contribution in [3.05, 3.63) is 44.7 Å². The van der Waals surface area contributed by atoms with Crippen LogP contribution in [0.3, 0.4) is 0 Å². The Balaban J connectivity index is 3.03. The molecule has 90 valence electrons. The maximum Gasteiger partial charge on any atom is 0.193 e. The standard InChI is InChI=1S/C15H19NO/c1-8(2)12-11(5)16-14-10(4)7-6-9(3)13(14)15(12)17/h6-8H,1-5H3,(H,16,17). The van der Waals surface area contributed by atoms with E-state index in [2.05, 4.69) is 24.9 Å². The summed E-state index contributed by atoms with van der Waals surface area (Å²) in [6.45, 7) is 10.1. The van der Waals surface area contributed by atoms with E-state index in [0.29, 0.717) is 0 Å². The van der Waals surface area contributed by atoms with E-state index in [1.807, 2.05) is 26.8 Å². The number of rotatable bonds is 1. The molecule has 1 heterocycles. The summed E-state index contributed by atoms with van der Waals surface area (Å²) < 4.78 is 0. The van der Waals surface area contributed by atoms with E-state index in [1.54, 1.807) is 0 Å². The van der Waals surface area contributed by atoms with Gasteiger partial charge in [0.25, 0.3) is 0 Å². The monoisotopic (exact) mass is 229 g/mol. The Hall–Kier alpha value is -1.57. The molecule has 2 aromatic rings. The first kappa shape index (κ1) is 11.9. The Morgan fingerprint density at radius 3 is 2.24 bits per heavy atom. The first-order valence-corrected chi connectivity index (χ1v) is 6.06. The molecule has 0 saturated carbocycles. The van der Waals surface area contributed by atoms with Gasteiger partial charge in [0.15, 0.2) is 5.43 Å². The molecule has 0 unspecified atom stereocenters. The predicted molar refractivity (Wildman–Crippen MR) is 72.9 cm³/mol. The van der Waals surface area contributed by atoms with Gasteiger partial charge in [0, 0.05) is 16.6 Å². The highest BCUT2D eigenvalue weighted by Crippen LogP contribution is 2.22. The summed E-state index contributed by atoms with van der Waals surface area (Å²) in [6, 6.07) is 4.08. The third-order valence-corrected chi connectivity index (χ3v) is 3.39. The van der Waals surface area contributed by atoms with Gasteiger partial charge in [-0.15, -0.1) is 0 Å². The maximum absolute atomic E-state index is 12.5. The molecule has 0 aliphatic heterocycles. The number of hydrogen-bond donors (Lipinski definition) is 1. The zero-order valence-corrected chi connectivity index (χ0v) is 11.1. The van der Waals surface area contributed by atoms with Crippen molar-refractivity contribution in [2.45, 2.75) is 40.5 Å². The van der Waals surface area contributed by atoms with Gasteiger partial charge in [0.2, 0.25) is 0 Å². The lowest BCUT2D eigenvalue weighted by Crippen LogP contribution is -2.16. The maximum atomic E-state index is 12.5. The Morgan fingerprint density at radius 1 is 1.06 bits per heavy atom. The molecule has 0 atom stereocenters. The highest BCUT2D eigenvalue weighted by Gasteiger charge is 2.14. The number of nitrogens with one attached hydrogen (secondary N) is 1. The van der Waals surface area contributed by atoms with E-state index in [9.17, 15) is 4.79 Å². The average Bonchev–Trinajstić information content (AvgIpc) is 2.22. The molecule has 2 rings (SSSR count). The second-order valence-corrected chi connectivity index (χ2v) is 5.10. The van der Waals surface area contributed by atoms with Crippen LogP contribution in [-0.4, -0.2) is 4.98 Å². The summed E-state index contributed by atoms with van der Waals surface area (Å²) in [5.74, 6) is 0.253. The quantitative estimate of drug-likeness (QED) is 0.796. The number of benzene rings is 1. The van der Waals surface area contributed by atoms with Crippen LogP contribution in [0.4, 0.5) is 0 Å². The molecule has 17 heavy (non-hydrogen) atoms. The van der Waals surface area contributed by atoms with E-state index in [-0.39, 0.29) is 11.3 Å². The molecule has 0 amide bonds. The highest BCUT2D eigenvalue weighted by atomic mass is 16.1. The van der Waals surface area contributed by atoms with Gasteiger partial charge in [0.1, 0.15) is 0 Å². The van der Waals surface area contributed by atoms with Gasteiger partial charge in [-0.05, 0) is 37.8 Å². The van der Waals surface area contributed by atoms with Crippen LogP contribution < -0.4 is 5.43 Å². The zero-order valence-electron chi connectivity index (χ0n) is 11.1. The molecule has 0 saturated heterocycles. The largest absolute Gasteiger partial charge is 0.358 e. The number of aromatic nitrogens is 1. The third kappa shape index (κ3) is 1.78. The fourth-order valence-electron chi connectivity index (χ4n) is 2.52. The van der Waals surface area contributed by atoms with Crippen LogP contribution in [0, 0.1) is 20.8 Å². The lowest BCUT2D eigenvalue weighted by molar-refractivity contribution is 0.838. The molecule has 0 radical (unpaired) electrons. The second-order valence-electron chi connectivity index (χ2n) is 5.10. The molecule has 0 aliphatic rings. The van der Waals surface area contributed by atoms with Crippen molar-refractivity contribution in [2.24, 2.45) is 0 Å². The summed E-state index contributed by atoms with van der Waals surface area (Å²) in [6.07, 6.45) is 0. The van der Waals surface area contributed by atoms with Crippen LogP contribution >= 0.6 is 0 Å². The third-order valence-electron chi connectivity index (χ3n) is 3.39. The smallest absolute Gasteiger partial charge is 0.193 e. The van der Waals surface area contributed by atoms with Crippen LogP contribution in [0.2, 0.25) is 0 Å². The molecule has 1 aromatic carbocycles. The van der Waals surface area contributed by atoms with Crippen LogP contribution in [0.15, 0.2) is 16.9 Å². The van der Waals surface area contributed by atoms with Crippen LogP contribution in [-0.2, 0) is 0 Å². The molecule has 0 fully saturated rings. The Bertz CT molecular complexity index is 635. The molecular weight excluding hydrogens is 210 g/mol. The second kappa shape index (κ2) is 4.02. The van der Waals surface area contributed by atoms with Crippen LogP contribution in [0.25, 0.3) is 10.9 Å². The normalized spacial score (nSPS) is 11.4. The molecular formula is C15H19NO. The van der Waals surface area contributed by atoms with Crippen molar-refractivity contribution in [3.8, 4) is 0 Å². The van der Waals surface area contributed by atoms with Crippen molar-refractivity contribution >= 4 is 10.9 Å². The van der Waals surface area contributed by atoms with Gasteiger partial charge in [-0.1, -0.05) is 26.0 Å². The van der Waals surface area contributed by atoms with Crippen molar-refractivity contribution in [2.75, 3.05) is 0 Å². The summed E-state index contributed by atoms with van der Waals surface area (Å²) >= 11 is 0. The lowest BCUT2D eigenvalue weighted by Gasteiger charge is -2.13.